The second kappa shape index (κ2) is 6.25. The Labute approximate surface area is 145 Å². The molecule has 134 valence electrons. The van der Waals surface area contributed by atoms with Crippen molar-refractivity contribution in [1.29, 1.82) is 0 Å². The Bertz CT molecular complexity index is 760. The van der Waals surface area contributed by atoms with Gasteiger partial charge in [-0.15, -0.1) is 0 Å². The summed E-state index contributed by atoms with van der Waals surface area (Å²) in [5.41, 5.74) is 1.59. The molecule has 1 spiro atoms. The Morgan fingerprint density at radius 1 is 1.40 bits per heavy atom. The quantitative estimate of drug-likeness (QED) is 0.910. The molecule has 1 aliphatic carbocycles. The molecule has 1 unspecified atom stereocenters. The molecule has 1 aliphatic heterocycles. The molecule has 4 rings (SSSR count). The van der Waals surface area contributed by atoms with Gasteiger partial charge in [-0.05, 0) is 45.6 Å². The molecule has 8 nitrogen and oxygen atoms in total. The molecule has 0 aromatic carbocycles. The third-order valence-corrected chi connectivity index (χ3v) is 5.54. The van der Waals surface area contributed by atoms with E-state index in [1.807, 2.05) is 11.8 Å². The van der Waals surface area contributed by atoms with Gasteiger partial charge in [0.05, 0.1) is 6.10 Å². The first-order chi connectivity index (χ1) is 12.1. The summed E-state index contributed by atoms with van der Waals surface area (Å²) in [5.74, 6) is 1.17. The number of H-pyrrole nitrogens is 1. The molecule has 1 saturated carbocycles. The van der Waals surface area contributed by atoms with Gasteiger partial charge < -0.3 is 14.2 Å². The fraction of sp³-hybridized carbons (Fsp3) is 0.647. The number of carbonyl (C=O) groups is 1. The van der Waals surface area contributed by atoms with Crippen LogP contribution in [0.3, 0.4) is 0 Å². The fourth-order valence-electron chi connectivity index (χ4n) is 3.92. The van der Waals surface area contributed by atoms with Crippen molar-refractivity contribution in [2.24, 2.45) is 5.41 Å². The summed E-state index contributed by atoms with van der Waals surface area (Å²) in [4.78, 5) is 18.6. The summed E-state index contributed by atoms with van der Waals surface area (Å²) < 4.78 is 11.1. The standard InChI is InChI=1S/C17H23N5O3/c1-11-9-13(20-19-11)16(23)22-7-5-17(6-8-22)4-3-14(17)24-10-15-18-12(2)21-25-15/h9,14H,3-8,10H2,1-2H3,(H,19,20). The van der Waals surface area contributed by atoms with Crippen molar-refractivity contribution >= 4 is 5.91 Å². The van der Waals surface area contributed by atoms with Crippen molar-refractivity contribution in [1.82, 2.24) is 25.2 Å². The van der Waals surface area contributed by atoms with Crippen LogP contribution in [0.5, 0.6) is 0 Å². The predicted octanol–water partition coefficient (Wildman–Crippen LogP) is 2.01. The zero-order valence-electron chi connectivity index (χ0n) is 14.6. The zero-order chi connectivity index (χ0) is 17.4. The first kappa shape index (κ1) is 16.3. The minimum atomic E-state index is 0.0114. The number of ether oxygens (including phenoxy) is 1. The number of amides is 1. The van der Waals surface area contributed by atoms with Crippen LogP contribution in [0.1, 0.15) is 53.6 Å². The van der Waals surface area contributed by atoms with Crippen LogP contribution in [0.4, 0.5) is 0 Å². The third-order valence-electron chi connectivity index (χ3n) is 5.54. The highest BCUT2D eigenvalue weighted by atomic mass is 16.5. The predicted molar refractivity (Wildman–Crippen MR) is 87.7 cm³/mol. The average Bonchev–Trinajstić information content (AvgIpc) is 3.22. The minimum absolute atomic E-state index is 0.0114. The maximum atomic E-state index is 12.5. The number of hydrogen-bond acceptors (Lipinski definition) is 6. The monoisotopic (exact) mass is 345 g/mol. The van der Waals surface area contributed by atoms with Crippen molar-refractivity contribution in [3.8, 4) is 0 Å². The highest BCUT2D eigenvalue weighted by molar-refractivity contribution is 5.92. The van der Waals surface area contributed by atoms with E-state index in [2.05, 4.69) is 20.3 Å². The number of aryl methyl sites for hydroxylation is 2. The molecule has 2 fully saturated rings. The van der Waals surface area contributed by atoms with Gasteiger partial charge in [-0.2, -0.15) is 10.1 Å². The zero-order valence-corrected chi connectivity index (χ0v) is 14.6. The van der Waals surface area contributed by atoms with Gasteiger partial charge in [0.25, 0.3) is 11.8 Å². The summed E-state index contributed by atoms with van der Waals surface area (Å²) in [6.07, 6.45) is 4.36. The van der Waals surface area contributed by atoms with Crippen LogP contribution in [-0.4, -0.2) is 50.3 Å². The van der Waals surface area contributed by atoms with Crippen molar-refractivity contribution in [2.45, 2.75) is 52.2 Å². The van der Waals surface area contributed by atoms with Crippen LogP contribution < -0.4 is 0 Å². The third kappa shape index (κ3) is 3.06. The molecule has 1 amide bonds. The van der Waals surface area contributed by atoms with Crippen molar-refractivity contribution in [3.05, 3.63) is 29.2 Å². The topological polar surface area (TPSA) is 97.1 Å². The van der Waals surface area contributed by atoms with Crippen LogP contribution >= 0.6 is 0 Å². The van der Waals surface area contributed by atoms with Gasteiger partial charge in [-0.25, -0.2) is 0 Å². The minimum Gasteiger partial charge on any atom is -0.368 e. The van der Waals surface area contributed by atoms with E-state index in [1.165, 1.54) is 0 Å². The highest BCUT2D eigenvalue weighted by Gasteiger charge is 2.49. The maximum absolute atomic E-state index is 12.5. The molecular formula is C17H23N5O3. The van der Waals surface area contributed by atoms with E-state index in [1.54, 1.807) is 13.0 Å². The maximum Gasteiger partial charge on any atom is 0.274 e. The van der Waals surface area contributed by atoms with Gasteiger partial charge in [0, 0.05) is 24.2 Å². The lowest BCUT2D eigenvalue weighted by molar-refractivity contribution is -0.143. The van der Waals surface area contributed by atoms with Gasteiger partial charge in [0.15, 0.2) is 5.82 Å². The smallest absolute Gasteiger partial charge is 0.274 e. The van der Waals surface area contributed by atoms with E-state index in [0.29, 0.717) is 24.0 Å². The van der Waals surface area contributed by atoms with E-state index >= 15 is 0 Å². The Morgan fingerprint density at radius 2 is 2.20 bits per heavy atom. The Hall–Kier alpha value is -2.22. The first-order valence-electron chi connectivity index (χ1n) is 8.78. The van der Waals surface area contributed by atoms with Crippen LogP contribution in [0, 0.1) is 19.3 Å². The molecule has 0 radical (unpaired) electrons. The van der Waals surface area contributed by atoms with Crippen molar-refractivity contribution in [3.63, 3.8) is 0 Å². The van der Waals surface area contributed by atoms with Gasteiger partial charge in [-0.1, -0.05) is 5.16 Å². The number of nitrogens with zero attached hydrogens (tertiary/aromatic N) is 4. The van der Waals surface area contributed by atoms with E-state index in [-0.39, 0.29) is 17.4 Å². The molecule has 3 heterocycles. The molecule has 25 heavy (non-hydrogen) atoms. The normalized spacial score (nSPS) is 22.2. The number of carbonyl (C=O) groups excluding carboxylic acids is 1. The molecule has 2 aliphatic rings. The van der Waals surface area contributed by atoms with Gasteiger partial charge >= 0.3 is 0 Å². The van der Waals surface area contributed by atoms with E-state index in [0.717, 1.165) is 44.5 Å². The second-order valence-corrected chi connectivity index (χ2v) is 7.16. The number of hydrogen-bond donors (Lipinski definition) is 1. The van der Waals surface area contributed by atoms with Crippen LogP contribution in [0.15, 0.2) is 10.6 Å². The van der Waals surface area contributed by atoms with Gasteiger partial charge in [-0.3, -0.25) is 9.89 Å². The number of aromatic amines is 1. The number of likely N-dealkylation sites (tertiary alicyclic amines) is 1. The van der Waals surface area contributed by atoms with Gasteiger partial charge in [0.1, 0.15) is 12.3 Å². The van der Waals surface area contributed by atoms with Crippen LogP contribution in [-0.2, 0) is 11.3 Å². The second-order valence-electron chi connectivity index (χ2n) is 7.16. The first-order valence-corrected chi connectivity index (χ1v) is 8.78. The Kier molecular flexibility index (Phi) is 4.07. The molecular weight excluding hydrogens is 322 g/mol. The summed E-state index contributed by atoms with van der Waals surface area (Å²) >= 11 is 0. The molecule has 2 aromatic rings. The Balaban J connectivity index is 1.32. The molecule has 8 heteroatoms. The van der Waals surface area contributed by atoms with E-state index in [9.17, 15) is 4.79 Å². The number of piperidine rings is 1. The summed E-state index contributed by atoms with van der Waals surface area (Å²) in [5, 5.41) is 10.7. The fourth-order valence-corrected chi connectivity index (χ4v) is 3.92. The Morgan fingerprint density at radius 3 is 2.76 bits per heavy atom. The number of rotatable bonds is 4. The molecule has 2 aromatic heterocycles. The number of nitrogens with one attached hydrogen (secondary N) is 1. The summed E-state index contributed by atoms with van der Waals surface area (Å²) in [6.45, 7) is 5.57. The summed E-state index contributed by atoms with van der Waals surface area (Å²) in [7, 11) is 0. The summed E-state index contributed by atoms with van der Waals surface area (Å²) in [6, 6.07) is 1.80. The van der Waals surface area contributed by atoms with Crippen LogP contribution in [0.2, 0.25) is 0 Å². The lowest BCUT2D eigenvalue weighted by atomic mass is 9.60. The van der Waals surface area contributed by atoms with E-state index in [4.69, 9.17) is 9.26 Å². The molecule has 1 N–H and O–H groups in total. The highest BCUT2D eigenvalue weighted by Crippen LogP contribution is 2.51. The van der Waals surface area contributed by atoms with E-state index < -0.39 is 0 Å². The molecule has 1 atom stereocenters. The van der Waals surface area contributed by atoms with Crippen molar-refractivity contribution in [2.75, 3.05) is 13.1 Å². The van der Waals surface area contributed by atoms with Gasteiger partial charge in [0.2, 0.25) is 0 Å². The largest absolute Gasteiger partial charge is 0.368 e. The number of aromatic nitrogens is 4. The lowest BCUT2D eigenvalue weighted by Gasteiger charge is -2.53. The lowest BCUT2D eigenvalue weighted by Crippen LogP contribution is -2.54. The molecule has 0 bridgehead atoms. The average molecular weight is 345 g/mol. The van der Waals surface area contributed by atoms with Crippen LogP contribution in [0.25, 0.3) is 0 Å². The SMILES string of the molecule is Cc1noc(COC2CCC23CCN(C(=O)c2cc(C)[nH]n2)CC3)n1. The molecule has 1 saturated heterocycles. The van der Waals surface area contributed by atoms with Crippen molar-refractivity contribution < 1.29 is 14.1 Å².